The first-order valence-electron chi connectivity index (χ1n) is 11.6. The number of hydrogen-bond donors (Lipinski definition) is 1. The van der Waals surface area contributed by atoms with E-state index in [1.165, 1.54) is 4.90 Å². The number of carbonyl (C=O) groups is 2. The van der Waals surface area contributed by atoms with E-state index in [9.17, 15) is 14.7 Å². The van der Waals surface area contributed by atoms with Gasteiger partial charge in [-0.2, -0.15) is 0 Å². The van der Waals surface area contributed by atoms with E-state index in [2.05, 4.69) is 6.92 Å². The van der Waals surface area contributed by atoms with Crippen molar-refractivity contribution in [1.29, 1.82) is 0 Å². The van der Waals surface area contributed by atoms with Crippen LogP contribution in [0.5, 0.6) is 5.75 Å². The van der Waals surface area contributed by atoms with Gasteiger partial charge in [-0.1, -0.05) is 85.6 Å². The highest BCUT2D eigenvalue weighted by Gasteiger charge is 2.46. The first-order chi connectivity index (χ1) is 16.5. The van der Waals surface area contributed by atoms with Crippen molar-refractivity contribution in [2.75, 3.05) is 6.61 Å². The molecule has 4 rings (SSSR count). The van der Waals surface area contributed by atoms with Crippen molar-refractivity contribution in [3.8, 4) is 5.75 Å². The third-order valence-corrected chi connectivity index (χ3v) is 6.02. The Kier molecular flexibility index (Phi) is 7.12. The molecule has 5 heteroatoms. The molecule has 1 fully saturated rings. The van der Waals surface area contributed by atoms with Gasteiger partial charge < -0.3 is 14.7 Å². The number of aryl methyl sites for hydroxylation is 1. The van der Waals surface area contributed by atoms with Gasteiger partial charge >= 0.3 is 0 Å². The van der Waals surface area contributed by atoms with Crippen LogP contribution in [0.2, 0.25) is 0 Å². The third kappa shape index (κ3) is 4.88. The predicted octanol–water partition coefficient (Wildman–Crippen LogP) is 5.80. The largest absolute Gasteiger partial charge is 0.507 e. The fourth-order valence-electron chi connectivity index (χ4n) is 4.12. The average Bonchev–Trinajstić information content (AvgIpc) is 3.10. The van der Waals surface area contributed by atoms with E-state index in [-0.39, 0.29) is 17.9 Å². The number of hydrogen-bond acceptors (Lipinski definition) is 4. The maximum atomic E-state index is 13.2. The summed E-state index contributed by atoms with van der Waals surface area (Å²) in [7, 11) is 0. The van der Waals surface area contributed by atoms with Crippen molar-refractivity contribution in [2.24, 2.45) is 0 Å². The zero-order valence-corrected chi connectivity index (χ0v) is 19.5. The Morgan fingerprint density at radius 2 is 1.62 bits per heavy atom. The molecule has 1 heterocycles. The van der Waals surface area contributed by atoms with Crippen molar-refractivity contribution >= 4 is 17.4 Å². The van der Waals surface area contributed by atoms with Crippen molar-refractivity contribution in [2.45, 2.75) is 39.3 Å². The number of amides is 1. The van der Waals surface area contributed by atoms with Crippen molar-refractivity contribution in [1.82, 2.24) is 4.90 Å². The molecule has 0 aromatic heterocycles. The summed E-state index contributed by atoms with van der Waals surface area (Å²) in [5, 5.41) is 11.2. The minimum Gasteiger partial charge on any atom is -0.507 e. The Balaban J connectivity index is 1.76. The minimum atomic E-state index is -0.703. The van der Waals surface area contributed by atoms with Crippen LogP contribution in [-0.4, -0.2) is 28.3 Å². The molecule has 1 N–H and O–H groups in total. The lowest BCUT2D eigenvalue weighted by Crippen LogP contribution is -2.29. The number of likely N-dealkylation sites (tertiary alicyclic amines) is 1. The number of aliphatic hydroxyl groups excluding tert-OH is 1. The summed E-state index contributed by atoms with van der Waals surface area (Å²) in [6, 6.07) is 23.5. The Hall–Kier alpha value is -3.86. The number of aliphatic hydroxyl groups is 1. The Morgan fingerprint density at radius 1 is 0.941 bits per heavy atom. The van der Waals surface area contributed by atoms with Gasteiger partial charge in [0.25, 0.3) is 11.7 Å². The molecule has 0 aliphatic carbocycles. The lowest BCUT2D eigenvalue weighted by Gasteiger charge is -2.25. The molecule has 3 aromatic carbocycles. The van der Waals surface area contributed by atoms with Crippen LogP contribution >= 0.6 is 0 Å². The Morgan fingerprint density at radius 3 is 2.26 bits per heavy atom. The van der Waals surface area contributed by atoms with Gasteiger partial charge in [-0.15, -0.1) is 0 Å². The average molecular weight is 456 g/mol. The first kappa shape index (κ1) is 23.3. The fraction of sp³-hybridized carbons (Fsp3) is 0.241. The van der Waals surface area contributed by atoms with Crippen LogP contribution < -0.4 is 4.74 Å². The molecule has 174 valence electrons. The summed E-state index contributed by atoms with van der Waals surface area (Å²) in [6.45, 7) is 4.95. The molecular weight excluding hydrogens is 426 g/mol. The first-order valence-corrected chi connectivity index (χ1v) is 11.6. The van der Waals surface area contributed by atoms with Gasteiger partial charge in [0.05, 0.1) is 18.2 Å². The molecule has 1 saturated heterocycles. The molecule has 0 spiro atoms. The SMILES string of the molecule is CCCCOc1ccc(C2/C(=C(\O)c3ccc(C)cc3)C(=O)C(=O)N2Cc2ccccc2)cc1. The highest BCUT2D eigenvalue weighted by Crippen LogP contribution is 2.40. The molecule has 3 aromatic rings. The van der Waals surface area contributed by atoms with Crippen molar-refractivity contribution in [3.05, 3.63) is 107 Å². The standard InChI is InChI=1S/C29H29NO4/c1-3-4-18-34-24-16-14-22(15-17-24)26-25(27(31)23-12-10-20(2)11-13-23)28(32)29(33)30(26)19-21-8-6-5-7-9-21/h5-17,26,31H,3-4,18-19H2,1-2H3/b27-25+. The summed E-state index contributed by atoms with van der Waals surface area (Å²) in [6.07, 6.45) is 2.01. The van der Waals surface area contributed by atoms with Crippen molar-refractivity contribution in [3.63, 3.8) is 0 Å². The van der Waals surface area contributed by atoms with E-state index < -0.39 is 17.7 Å². The molecule has 1 aliphatic heterocycles. The second kappa shape index (κ2) is 10.4. The minimum absolute atomic E-state index is 0.101. The zero-order valence-electron chi connectivity index (χ0n) is 19.5. The molecule has 0 radical (unpaired) electrons. The van der Waals surface area contributed by atoms with Crippen LogP contribution in [0.3, 0.4) is 0 Å². The molecule has 0 bridgehead atoms. The second-order valence-electron chi connectivity index (χ2n) is 8.55. The monoisotopic (exact) mass is 455 g/mol. The van der Waals surface area contributed by atoms with Gasteiger partial charge in [0.2, 0.25) is 0 Å². The summed E-state index contributed by atoms with van der Waals surface area (Å²) in [5.74, 6) is -0.731. The Bertz CT molecular complexity index is 1180. The van der Waals surface area contributed by atoms with Gasteiger partial charge in [-0.25, -0.2) is 0 Å². The lowest BCUT2D eigenvalue weighted by molar-refractivity contribution is -0.140. The number of benzene rings is 3. The van der Waals surface area contributed by atoms with Crippen LogP contribution in [-0.2, 0) is 16.1 Å². The third-order valence-electron chi connectivity index (χ3n) is 6.02. The summed E-state index contributed by atoms with van der Waals surface area (Å²) >= 11 is 0. The highest BCUT2D eigenvalue weighted by atomic mass is 16.5. The van der Waals surface area contributed by atoms with E-state index in [0.29, 0.717) is 12.2 Å². The predicted molar refractivity (Wildman–Crippen MR) is 132 cm³/mol. The molecule has 1 atom stereocenters. The second-order valence-corrected chi connectivity index (χ2v) is 8.55. The molecule has 5 nitrogen and oxygen atoms in total. The number of unbranched alkanes of at least 4 members (excludes halogenated alkanes) is 1. The molecule has 1 unspecified atom stereocenters. The van der Waals surface area contributed by atoms with E-state index in [0.717, 1.165) is 35.3 Å². The maximum Gasteiger partial charge on any atom is 0.295 e. The quantitative estimate of drug-likeness (QED) is 0.202. The van der Waals surface area contributed by atoms with Crippen LogP contribution in [0.25, 0.3) is 5.76 Å². The van der Waals surface area contributed by atoms with Crippen LogP contribution in [0.15, 0.2) is 84.4 Å². The van der Waals surface area contributed by atoms with E-state index >= 15 is 0 Å². The zero-order chi connectivity index (χ0) is 24.1. The fourth-order valence-corrected chi connectivity index (χ4v) is 4.12. The summed E-state index contributed by atoms with van der Waals surface area (Å²) in [4.78, 5) is 27.9. The number of carbonyl (C=O) groups excluding carboxylic acids is 2. The van der Waals surface area contributed by atoms with Crippen LogP contribution in [0, 0.1) is 6.92 Å². The van der Waals surface area contributed by atoms with E-state index in [4.69, 9.17) is 4.74 Å². The number of rotatable bonds is 8. The van der Waals surface area contributed by atoms with Gasteiger partial charge in [0.1, 0.15) is 11.5 Å². The number of nitrogens with zero attached hydrogens (tertiary/aromatic N) is 1. The number of ether oxygens (including phenoxy) is 1. The summed E-state index contributed by atoms with van der Waals surface area (Å²) < 4.78 is 5.77. The molecule has 0 saturated carbocycles. The smallest absolute Gasteiger partial charge is 0.295 e. The van der Waals surface area contributed by atoms with Gasteiger partial charge in [0, 0.05) is 12.1 Å². The normalized spacial score (nSPS) is 17.2. The Labute approximate surface area is 200 Å². The molecule has 1 amide bonds. The maximum absolute atomic E-state index is 13.2. The van der Waals surface area contributed by atoms with Crippen LogP contribution in [0.1, 0.15) is 48.1 Å². The molecular formula is C29H29NO4. The lowest BCUT2D eigenvalue weighted by atomic mass is 9.95. The number of Topliss-reactive ketones (excluding diaryl/α,β-unsaturated/α-hetero) is 1. The number of ketones is 1. The van der Waals surface area contributed by atoms with Gasteiger partial charge in [-0.3, -0.25) is 9.59 Å². The summed E-state index contributed by atoms with van der Waals surface area (Å²) in [5.41, 5.74) is 3.30. The van der Waals surface area contributed by atoms with E-state index in [1.54, 1.807) is 12.1 Å². The molecule has 34 heavy (non-hydrogen) atoms. The van der Waals surface area contributed by atoms with Gasteiger partial charge in [0.15, 0.2) is 0 Å². The topological polar surface area (TPSA) is 66.8 Å². The van der Waals surface area contributed by atoms with Gasteiger partial charge in [-0.05, 0) is 36.6 Å². The van der Waals surface area contributed by atoms with Crippen LogP contribution in [0.4, 0.5) is 0 Å². The molecule has 1 aliphatic rings. The highest BCUT2D eigenvalue weighted by molar-refractivity contribution is 6.46. The van der Waals surface area contributed by atoms with Crippen molar-refractivity contribution < 1.29 is 19.4 Å². The van der Waals surface area contributed by atoms with E-state index in [1.807, 2.05) is 73.7 Å².